The van der Waals surface area contributed by atoms with Gasteiger partial charge in [0.1, 0.15) is 6.04 Å². The van der Waals surface area contributed by atoms with Crippen LogP contribution < -0.4 is 0 Å². The van der Waals surface area contributed by atoms with Gasteiger partial charge in [-0.3, -0.25) is 4.90 Å². The van der Waals surface area contributed by atoms with Gasteiger partial charge in [-0.05, 0) is 12.3 Å². The zero-order valence-corrected chi connectivity index (χ0v) is 12.8. The first-order chi connectivity index (χ1) is 8.95. The molecule has 0 aliphatic carbocycles. The smallest absolute Gasteiger partial charge is 0.409 e. The topological polar surface area (TPSA) is 55.8 Å². The lowest BCUT2D eigenvalue weighted by atomic mass is 10.0. The summed E-state index contributed by atoms with van der Waals surface area (Å²) in [5.74, 6) is -0.383. The number of rotatable bonds is 8. The summed E-state index contributed by atoms with van der Waals surface area (Å²) < 4.78 is 9.87. The summed E-state index contributed by atoms with van der Waals surface area (Å²) in [6.07, 6.45) is 3.69. The van der Waals surface area contributed by atoms with Gasteiger partial charge in [0.25, 0.3) is 0 Å². The minimum absolute atomic E-state index is 0.0211. The van der Waals surface area contributed by atoms with Gasteiger partial charge >= 0.3 is 12.1 Å². The molecule has 19 heavy (non-hydrogen) atoms. The van der Waals surface area contributed by atoms with E-state index in [1.165, 1.54) is 12.0 Å². The molecular weight excluding hydrogens is 246 g/mol. The Balaban J connectivity index is 4.30. The summed E-state index contributed by atoms with van der Waals surface area (Å²) in [7, 11) is 2.85. The molecule has 0 aliphatic heterocycles. The summed E-state index contributed by atoms with van der Waals surface area (Å²) in [4.78, 5) is 24.8. The van der Waals surface area contributed by atoms with Crippen molar-refractivity contribution in [2.75, 3.05) is 20.8 Å². The highest BCUT2D eigenvalue weighted by molar-refractivity contribution is 5.81. The van der Waals surface area contributed by atoms with Crippen molar-refractivity contribution < 1.29 is 19.1 Å². The molecule has 0 aromatic carbocycles. The molecule has 0 radical (unpaired) electrons. The number of carbonyl (C=O) groups excluding carboxylic acids is 2. The Morgan fingerprint density at radius 1 is 1.16 bits per heavy atom. The molecule has 1 unspecified atom stereocenters. The van der Waals surface area contributed by atoms with E-state index in [4.69, 9.17) is 4.74 Å². The zero-order chi connectivity index (χ0) is 14.8. The summed E-state index contributed by atoms with van der Waals surface area (Å²) in [5.41, 5.74) is 0. The molecule has 0 fully saturated rings. The third-order valence-electron chi connectivity index (χ3n) is 3.00. The standard InChI is InChI=1S/C14H27NO4/c1-6-7-8-9-10-19-13(16)12(11(2)3)15(4)14(17)18-5/h11-12H,6-10H2,1-5H3. The molecule has 0 rings (SSSR count). The van der Waals surface area contributed by atoms with Crippen LogP contribution in [0.2, 0.25) is 0 Å². The Bertz CT molecular complexity index is 279. The molecule has 0 heterocycles. The summed E-state index contributed by atoms with van der Waals surface area (Å²) in [6.45, 7) is 6.30. The van der Waals surface area contributed by atoms with Crippen molar-refractivity contribution in [2.24, 2.45) is 5.92 Å². The van der Waals surface area contributed by atoms with E-state index < -0.39 is 12.1 Å². The second-order valence-corrected chi connectivity index (χ2v) is 5.00. The third-order valence-corrected chi connectivity index (χ3v) is 3.00. The molecule has 0 aliphatic rings. The molecule has 5 nitrogen and oxygen atoms in total. The predicted molar refractivity (Wildman–Crippen MR) is 73.9 cm³/mol. The number of esters is 1. The van der Waals surface area contributed by atoms with E-state index in [2.05, 4.69) is 11.7 Å². The van der Waals surface area contributed by atoms with E-state index in [1.807, 2.05) is 13.8 Å². The lowest BCUT2D eigenvalue weighted by molar-refractivity contribution is -0.150. The molecule has 0 aromatic heterocycles. The zero-order valence-electron chi connectivity index (χ0n) is 12.8. The van der Waals surface area contributed by atoms with Crippen molar-refractivity contribution in [3.63, 3.8) is 0 Å². The van der Waals surface area contributed by atoms with Gasteiger partial charge in [-0.1, -0.05) is 40.0 Å². The van der Waals surface area contributed by atoms with E-state index in [9.17, 15) is 9.59 Å². The first kappa shape index (κ1) is 17.7. The number of nitrogens with zero attached hydrogens (tertiary/aromatic N) is 1. The molecular formula is C14H27NO4. The molecule has 0 aromatic rings. The van der Waals surface area contributed by atoms with Crippen molar-refractivity contribution in [3.05, 3.63) is 0 Å². The average molecular weight is 273 g/mol. The van der Waals surface area contributed by atoms with Crippen LogP contribution in [0.25, 0.3) is 0 Å². The van der Waals surface area contributed by atoms with Gasteiger partial charge in [-0.15, -0.1) is 0 Å². The van der Waals surface area contributed by atoms with Crippen LogP contribution in [0.1, 0.15) is 46.5 Å². The van der Waals surface area contributed by atoms with Crippen molar-refractivity contribution in [3.8, 4) is 0 Å². The quantitative estimate of drug-likeness (QED) is 0.504. The van der Waals surface area contributed by atoms with Gasteiger partial charge in [0, 0.05) is 7.05 Å². The Hall–Kier alpha value is -1.26. The fourth-order valence-corrected chi connectivity index (χ4v) is 1.92. The summed E-state index contributed by atoms with van der Waals surface area (Å²) >= 11 is 0. The summed E-state index contributed by atoms with van der Waals surface area (Å²) in [5, 5.41) is 0. The van der Waals surface area contributed by atoms with Gasteiger partial charge < -0.3 is 9.47 Å². The summed E-state index contributed by atoms with van der Waals surface area (Å²) in [6, 6.07) is -0.598. The fourth-order valence-electron chi connectivity index (χ4n) is 1.92. The number of hydrogen-bond acceptors (Lipinski definition) is 4. The minimum Gasteiger partial charge on any atom is -0.464 e. The highest BCUT2D eigenvalue weighted by Gasteiger charge is 2.31. The highest BCUT2D eigenvalue weighted by Crippen LogP contribution is 2.13. The molecule has 5 heteroatoms. The first-order valence-corrected chi connectivity index (χ1v) is 6.93. The maximum absolute atomic E-state index is 12.0. The number of likely N-dealkylation sites (N-methyl/N-ethyl adjacent to an activating group) is 1. The third kappa shape index (κ3) is 6.45. The van der Waals surface area contributed by atoms with Crippen LogP contribution in [0.5, 0.6) is 0 Å². The van der Waals surface area contributed by atoms with Crippen LogP contribution >= 0.6 is 0 Å². The van der Waals surface area contributed by atoms with Gasteiger partial charge in [0.2, 0.25) is 0 Å². The number of methoxy groups -OCH3 is 1. The van der Waals surface area contributed by atoms with E-state index in [-0.39, 0.29) is 11.9 Å². The molecule has 0 N–H and O–H groups in total. The van der Waals surface area contributed by atoms with E-state index in [0.717, 1.165) is 25.7 Å². The van der Waals surface area contributed by atoms with E-state index in [0.29, 0.717) is 6.61 Å². The maximum Gasteiger partial charge on any atom is 0.409 e. The maximum atomic E-state index is 12.0. The van der Waals surface area contributed by atoms with Crippen LogP contribution in [0.3, 0.4) is 0 Å². The van der Waals surface area contributed by atoms with Gasteiger partial charge in [-0.25, -0.2) is 9.59 Å². The number of carbonyl (C=O) groups is 2. The normalized spacial score (nSPS) is 12.1. The Morgan fingerprint density at radius 2 is 1.79 bits per heavy atom. The second-order valence-electron chi connectivity index (χ2n) is 5.00. The minimum atomic E-state index is -0.598. The van der Waals surface area contributed by atoms with Gasteiger partial charge in [-0.2, -0.15) is 0 Å². The molecule has 1 amide bonds. The Kier molecular flexibility index (Phi) is 9.00. The Morgan fingerprint density at radius 3 is 2.26 bits per heavy atom. The number of amides is 1. The van der Waals surface area contributed by atoms with Crippen LogP contribution in [-0.4, -0.2) is 43.8 Å². The lowest BCUT2D eigenvalue weighted by Gasteiger charge is -2.28. The van der Waals surface area contributed by atoms with Crippen LogP contribution in [0, 0.1) is 5.92 Å². The van der Waals surface area contributed by atoms with Crippen molar-refractivity contribution >= 4 is 12.1 Å². The SMILES string of the molecule is CCCCCCOC(=O)C(C(C)C)N(C)C(=O)OC. The number of ether oxygens (including phenoxy) is 2. The lowest BCUT2D eigenvalue weighted by Crippen LogP contribution is -2.46. The second kappa shape index (κ2) is 9.64. The van der Waals surface area contributed by atoms with Gasteiger partial charge in [0.15, 0.2) is 0 Å². The molecule has 1 atom stereocenters. The molecule has 0 spiro atoms. The molecule has 0 saturated carbocycles. The first-order valence-electron chi connectivity index (χ1n) is 6.93. The Labute approximate surface area is 116 Å². The monoisotopic (exact) mass is 273 g/mol. The predicted octanol–water partition coefficient (Wildman–Crippen LogP) is 2.83. The number of unbranched alkanes of at least 4 members (excludes halogenated alkanes) is 3. The number of hydrogen-bond donors (Lipinski definition) is 0. The largest absolute Gasteiger partial charge is 0.464 e. The van der Waals surface area contributed by atoms with Crippen LogP contribution in [-0.2, 0) is 14.3 Å². The van der Waals surface area contributed by atoms with Crippen molar-refractivity contribution in [2.45, 2.75) is 52.5 Å². The van der Waals surface area contributed by atoms with Crippen molar-refractivity contribution in [1.82, 2.24) is 4.90 Å². The molecule has 112 valence electrons. The molecule has 0 bridgehead atoms. The average Bonchev–Trinajstić information content (AvgIpc) is 2.37. The van der Waals surface area contributed by atoms with Crippen LogP contribution in [0.15, 0.2) is 0 Å². The molecule has 0 saturated heterocycles. The van der Waals surface area contributed by atoms with Crippen LogP contribution in [0.4, 0.5) is 4.79 Å². The highest BCUT2D eigenvalue weighted by atomic mass is 16.6. The van der Waals surface area contributed by atoms with Gasteiger partial charge in [0.05, 0.1) is 13.7 Å². The van der Waals surface area contributed by atoms with E-state index in [1.54, 1.807) is 7.05 Å². The fraction of sp³-hybridized carbons (Fsp3) is 0.857. The van der Waals surface area contributed by atoms with Crippen molar-refractivity contribution in [1.29, 1.82) is 0 Å². The van der Waals surface area contributed by atoms with E-state index >= 15 is 0 Å².